The third-order valence-corrected chi connectivity index (χ3v) is 4.25. The van der Waals surface area contributed by atoms with E-state index in [-0.39, 0.29) is 11.6 Å². The second-order valence-electron chi connectivity index (χ2n) is 5.74. The zero-order valence-corrected chi connectivity index (χ0v) is 13.4. The van der Waals surface area contributed by atoms with Crippen molar-refractivity contribution in [3.05, 3.63) is 64.0 Å². The van der Waals surface area contributed by atoms with Crippen LogP contribution in [0.1, 0.15) is 15.9 Å². The number of pyridine rings is 1. The second kappa shape index (κ2) is 6.66. The van der Waals surface area contributed by atoms with E-state index in [2.05, 4.69) is 9.88 Å². The first kappa shape index (κ1) is 15.9. The molecule has 2 aromatic rings. The summed E-state index contributed by atoms with van der Waals surface area (Å²) in [6.45, 7) is 4.29. The van der Waals surface area contributed by atoms with E-state index >= 15 is 0 Å². The second-order valence-corrected chi connectivity index (χ2v) is 5.74. The summed E-state index contributed by atoms with van der Waals surface area (Å²) >= 11 is 0. The number of hydrogen-bond donors (Lipinski definition) is 0. The minimum Gasteiger partial charge on any atom is -0.368 e. The number of nitrogens with zero attached hydrogens (tertiary/aromatic N) is 4. The largest absolute Gasteiger partial charge is 0.368 e. The number of piperazine rings is 1. The number of nitro benzene ring substituents is 1. The zero-order chi connectivity index (χ0) is 17.1. The normalized spacial score (nSPS) is 14.5. The van der Waals surface area contributed by atoms with Gasteiger partial charge in [0, 0.05) is 61.5 Å². The highest BCUT2D eigenvalue weighted by Crippen LogP contribution is 2.21. The van der Waals surface area contributed by atoms with Gasteiger partial charge in [0.25, 0.3) is 11.6 Å². The summed E-state index contributed by atoms with van der Waals surface area (Å²) in [5, 5.41) is 11.0. The number of anilines is 1. The first-order valence-corrected chi connectivity index (χ1v) is 7.75. The van der Waals surface area contributed by atoms with E-state index in [4.69, 9.17) is 0 Å². The lowest BCUT2D eigenvalue weighted by Gasteiger charge is -2.36. The van der Waals surface area contributed by atoms with Crippen molar-refractivity contribution in [3.63, 3.8) is 0 Å². The van der Waals surface area contributed by atoms with Crippen LogP contribution < -0.4 is 4.90 Å². The zero-order valence-electron chi connectivity index (χ0n) is 13.4. The average molecular weight is 326 g/mol. The van der Waals surface area contributed by atoms with Crippen LogP contribution in [0.25, 0.3) is 0 Å². The lowest BCUT2D eigenvalue weighted by atomic mass is 10.1. The van der Waals surface area contributed by atoms with Crippen LogP contribution in [0.4, 0.5) is 11.4 Å². The van der Waals surface area contributed by atoms with Gasteiger partial charge in [-0.2, -0.15) is 0 Å². The minimum absolute atomic E-state index is 0.0173. The molecule has 1 saturated heterocycles. The summed E-state index contributed by atoms with van der Waals surface area (Å²) < 4.78 is 0. The molecule has 24 heavy (non-hydrogen) atoms. The maximum atomic E-state index is 12.6. The van der Waals surface area contributed by atoms with Crippen LogP contribution in [0.15, 0.2) is 42.7 Å². The number of benzene rings is 1. The fourth-order valence-electron chi connectivity index (χ4n) is 2.84. The maximum Gasteiger partial charge on any atom is 0.273 e. The van der Waals surface area contributed by atoms with Crippen molar-refractivity contribution in [2.75, 3.05) is 31.1 Å². The molecule has 7 nitrogen and oxygen atoms in total. The van der Waals surface area contributed by atoms with Gasteiger partial charge in [-0.15, -0.1) is 0 Å². The molecule has 124 valence electrons. The fourth-order valence-corrected chi connectivity index (χ4v) is 2.84. The van der Waals surface area contributed by atoms with E-state index in [1.807, 2.05) is 12.1 Å². The first-order valence-electron chi connectivity index (χ1n) is 7.75. The van der Waals surface area contributed by atoms with Gasteiger partial charge in [-0.3, -0.25) is 19.9 Å². The summed E-state index contributed by atoms with van der Waals surface area (Å²) in [5.74, 6) is -0.160. The number of hydrogen-bond acceptors (Lipinski definition) is 5. The Bertz CT molecular complexity index is 756. The Labute approximate surface area is 139 Å². The number of rotatable bonds is 3. The Morgan fingerprint density at radius 1 is 1.12 bits per heavy atom. The quantitative estimate of drug-likeness (QED) is 0.638. The monoisotopic (exact) mass is 326 g/mol. The predicted octanol–water partition coefficient (Wildman–Crippen LogP) is 2.26. The first-order chi connectivity index (χ1) is 11.6. The molecule has 1 aliphatic rings. The number of carbonyl (C=O) groups is 1. The van der Waals surface area contributed by atoms with Crippen LogP contribution in [-0.4, -0.2) is 46.9 Å². The van der Waals surface area contributed by atoms with Gasteiger partial charge in [-0.05, 0) is 25.1 Å². The lowest BCUT2D eigenvalue weighted by Crippen LogP contribution is -2.48. The molecule has 0 spiro atoms. The Morgan fingerprint density at radius 3 is 2.42 bits per heavy atom. The van der Waals surface area contributed by atoms with E-state index in [0.29, 0.717) is 24.2 Å². The summed E-state index contributed by atoms with van der Waals surface area (Å²) in [4.78, 5) is 31.1. The molecule has 1 aliphatic heterocycles. The van der Waals surface area contributed by atoms with Crippen molar-refractivity contribution < 1.29 is 9.72 Å². The molecule has 3 rings (SSSR count). The van der Waals surface area contributed by atoms with Crippen LogP contribution in [0.5, 0.6) is 0 Å². The van der Waals surface area contributed by atoms with Gasteiger partial charge < -0.3 is 9.80 Å². The van der Waals surface area contributed by atoms with E-state index in [0.717, 1.165) is 18.8 Å². The van der Waals surface area contributed by atoms with E-state index in [1.54, 1.807) is 36.4 Å². The molecule has 7 heteroatoms. The molecule has 1 fully saturated rings. The van der Waals surface area contributed by atoms with Crippen LogP contribution in [0.3, 0.4) is 0 Å². The van der Waals surface area contributed by atoms with E-state index in [9.17, 15) is 14.9 Å². The molecule has 0 radical (unpaired) electrons. The number of amides is 1. The fraction of sp³-hybridized carbons (Fsp3) is 0.294. The molecular weight excluding hydrogens is 308 g/mol. The van der Waals surface area contributed by atoms with Crippen molar-refractivity contribution in [3.8, 4) is 0 Å². The molecule has 2 heterocycles. The topological polar surface area (TPSA) is 79.6 Å². The Kier molecular flexibility index (Phi) is 4.41. The molecule has 1 amide bonds. The van der Waals surface area contributed by atoms with Crippen molar-refractivity contribution in [1.29, 1.82) is 0 Å². The minimum atomic E-state index is -0.451. The molecular formula is C17H18N4O3. The Balaban J connectivity index is 1.69. The third-order valence-electron chi connectivity index (χ3n) is 4.25. The summed E-state index contributed by atoms with van der Waals surface area (Å²) in [5.41, 5.74) is 1.99. The molecule has 0 N–H and O–H groups in total. The molecule has 0 atom stereocenters. The molecule has 0 bridgehead atoms. The van der Waals surface area contributed by atoms with Crippen molar-refractivity contribution >= 4 is 17.3 Å². The van der Waals surface area contributed by atoms with Gasteiger partial charge in [0.1, 0.15) is 0 Å². The molecule has 1 aromatic heterocycles. The molecule has 0 unspecified atom stereocenters. The number of carbonyl (C=O) groups excluding carboxylic acids is 1. The highest BCUT2D eigenvalue weighted by molar-refractivity contribution is 5.95. The van der Waals surface area contributed by atoms with Gasteiger partial charge >= 0.3 is 0 Å². The predicted molar refractivity (Wildman–Crippen MR) is 90.2 cm³/mol. The highest BCUT2D eigenvalue weighted by atomic mass is 16.6. The Morgan fingerprint density at radius 2 is 1.79 bits per heavy atom. The van der Waals surface area contributed by atoms with Gasteiger partial charge in [0.2, 0.25) is 0 Å². The summed E-state index contributed by atoms with van der Waals surface area (Å²) in [7, 11) is 0. The van der Waals surface area contributed by atoms with E-state index < -0.39 is 4.92 Å². The summed E-state index contributed by atoms with van der Waals surface area (Å²) in [6.07, 6.45) is 3.50. The summed E-state index contributed by atoms with van der Waals surface area (Å²) in [6, 6.07) is 8.53. The van der Waals surface area contributed by atoms with Crippen molar-refractivity contribution in [1.82, 2.24) is 9.88 Å². The van der Waals surface area contributed by atoms with Crippen molar-refractivity contribution in [2.24, 2.45) is 0 Å². The molecule has 0 saturated carbocycles. The number of aromatic nitrogens is 1. The highest BCUT2D eigenvalue weighted by Gasteiger charge is 2.24. The molecule has 1 aromatic carbocycles. The average Bonchev–Trinajstić information content (AvgIpc) is 2.62. The van der Waals surface area contributed by atoms with Gasteiger partial charge in [0.05, 0.1) is 4.92 Å². The molecule has 0 aliphatic carbocycles. The van der Waals surface area contributed by atoms with E-state index in [1.165, 1.54) is 6.07 Å². The van der Waals surface area contributed by atoms with Crippen LogP contribution >= 0.6 is 0 Å². The van der Waals surface area contributed by atoms with Crippen LogP contribution in [-0.2, 0) is 0 Å². The number of nitro groups is 1. The van der Waals surface area contributed by atoms with Gasteiger partial charge in [-0.1, -0.05) is 6.07 Å². The van der Waals surface area contributed by atoms with Crippen molar-refractivity contribution in [2.45, 2.75) is 6.92 Å². The van der Waals surface area contributed by atoms with Crippen LogP contribution in [0.2, 0.25) is 0 Å². The van der Waals surface area contributed by atoms with Gasteiger partial charge in [-0.25, -0.2) is 0 Å². The Hall–Kier alpha value is -2.96. The standard InChI is InChI=1S/C17H18N4O3/c1-13-2-3-14(12-16(13)21(23)24)17(22)20-10-8-19(9-11-20)15-4-6-18-7-5-15/h2-7,12H,8-11H2,1H3. The maximum absolute atomic E-state index is 12.6. The smallest absolute Gasteiger partial charge is 0.273 e. The lowest BCUT2D eigenvalue weighted by molar-refractivity contribution is -0.385. The third kappa shape index (κ3) is 3.19. The van der Waals surface area contributed by atoms with Crippen LogP contribution in [0, 0.1) is 17.0 Å². The SMILES string of the molecule is Cc1ccc(C(=O)N2CCN(c3ccncc3)CC2)cc1[N+](=O)[O-]. The van der Waals surface area contributed by atoms with Gasteiger partial charge in [0.15, 0.2) is 0 Å². The number of aryl methyl sites for hydroxylation is 1.